The number of piperazine rings is 1. The van der Waals surface area contributed by atoms with Crippen molar-refractivity contribution >= 4 is 46.4 Å². The first kappa shape index (κ1) is 23.4. The molecule has 0 bridgehead atoms. The Labute approximate surface area is 209 Å². The number of amides is 1. The van der Waals surface area contributed by atoms with Crippen LogP contribution in [-0.2, 0) is 0 Å². The highest BCUT2D eigenvalue weighted by Gasteiger charge is 2.32. The third kappa shape index (κ3) is 5.12. The molecule has 0 radical (unpaired) electrons. The van der Waals surface area contributed by atoms with E-state index in [0.717, 1.165) is 16.8 Å². The maximum atomic E-state index is 13.4. The molecule has 0 aliphatic carbocycles. The molecule has 0 N–H and O–H groups in total. The second-order valence-corrected chi connectivity index (χ2v) is 9.32. The summed E-state index contributed by atoms with van der Waals surface area (Å²) in [5, 5.41) is 1.81. The summed E-state index contributed by atoms with van der Waals surface area (Å²) >= 11 is 18.8. The molecule has 33 heavy (non-hydrogen) atoms. The summed E-state index contributed by atoms with van der Waals surface area (Å²) < 4.78 is 0. The van der Waals surface area contributed by atoms with Gasteiger partial charge in [-0.1, -0.05) is 59.1 Å². The van der Waals surface area contributed by atoms with E-state index < -0.39 is 0 Å². The van der Waals surface area contributed by atoms with Crippen LogP contribution in [0.25, 0.3) is 4.85 Å². The van der Waals surface area contributed by atoms with Crippen LogP contribution in [-0.4, -0.2) is 30.4 Å². The van der Waals surface area contributed by atoms with Crippen LogP contribution in [0.4, 0.5) is 5.69 Å². The molecule has 7 heteroatoms. The van der Waals surface area contributed by atoms with Gasteiger partial charge in [-0.15, -0.1) is 0 Å². The predicted molar refractivity (Wildman–Crippen MR) is 135 cm³/mol. The van der Waals surface area contributed by atoms with Gasteiger partial charge in [-0.25, -0.2) is 6.57 Å². The average molecular weight is 499 g/mol. The van der Waals surface area contributed by atoms with Gasteiger partial charge in [0.2, 0.25) is 6.04 Å². The Morgan fingerprint density at radius 2 is 1.73 bits per heavy atom. The third-order valence-corrected chi connectivity index (χ3v) is 6.74. The number of hydrogen-bond donors (Lipinski definition) is 0. The van der Waals surface area contributed by atoms with Crippen LogP contribution >= 0.6 is 34.8 Å². The number of anilines is 1. The van der Waals surface area contributed by atoms with E-state index in [1.807, 2.05) is 72.5 Å². The fourth-order valence-corrected chi connectivity index (χ4v) is 4.77. The fourth-order valence-electron chi connectivity index (χ4n) is 4.13. The minimum atomic E-state index is -0.288. The van der Waals surface area contributed by atoms with E-state index in [1.165, 1.54) is 0 Å². The molecular weight excluding hydrogens is 477 g/mol. The van der Waals surface area contributed by atoms with E-state index in [4.69, 9.17) is 41.4 Å². The number of carbonyl (C=O) groups is 1. The Morgan fingerprint density at radius 3 is 2.42 bits per heavy atom. The largest absolute Gasteiger partial charge is 0.360 e. The summed E-state index contributed by atoms with van der Waals surface area (Å²) in [5.74, 6) is -0.0464. The molecule has 0 spiro atoms. The van der Waals surface area contributed by atoms with Gasteiger partial charge in [0.1, 0.15) is 0 Å². The van der Waals surface area contributed by atoms with Crippen LogP contribution in [0.15, 0.2) is 66.7 Å². The topological polar surface area (TPSA) is 27.9 Å². The number of rotatable bonds is 4. The molecule has 3 aromatic carbocycles. The Morgan fingerprint density at radius 1 is 1.00 bits per heavy atom. The highest BCUT2D eigenvalue weighted by molar-refractivity contribution is 6.36. The second kappa shape index (κ2) is 10.1. The van der Waals surface area contributed by atoms with Crippen molar-refractivity contribution in [2.45, 2.75) is 19.0 Å². The highest BCUT2D eigenvalue weighted by Crippen LogP contribution is 2.37. The molecule has 2 atom stereocenters. The first-order valence-electron chi connectivity index (χ1n) is 10.6. The molecule has 4 rings (SSSR count). The standard InChI is InChI=1S/C26H22Cl3N3O/c1-17(30-2)19-4-3-5-20(14-19)26(33)31-12-13-32(24-11-10-22(28)15-23(24)29)25(16-31)18-6-8-21(27)9-7-18/h3-11,14-15,17,25H,12-13,16H2,1H3. The van der Waals surface area contributed by atoms with E-state index >= 15 is 0 Å². The maximum absolute atomic E-state index is 13.4. The number of halogens is 3. The number of carbonyl (C=O) groups excluding carboxylic acids is 1. The molecule has 3 aromatic rings. The van der Waals surface area contributed by atoms with Crippen LogP contribution in [0, 0.1) is 6.57 Å². The number of benzene rings is 3. The van der Waals surface area contributed by atoms with Gasteiger partial charge >= 0.3 is 0 Å². The minimum absolute atomic E-state index is 0.0464. The van der Waals surface area contributed by atoms with Crippen LogP contribution in [0.5, 0.6) is 0 Å². The molecule has 4 nitrogen and oxygen atoms in total. The van der Waals surface area contributed by atoms with E-state index in [2.05, 4.69) is 9.74 Å². The lowest BCUT2D eigenvalue weighted by atomic mass is 10.00. The van der Waals surface area contributed by atoms with Crippen molar-refractivity contribution in [2.75, 3.05) is 24.5 Å². The molecule has 1 amide bonds. The first-order valence-corrected chi connectivity index (χ1v) is 11.7. The number of hydrogen-bond acceptors (Lipinski definition) is 2. The van der Waals surface area contributed by atoms with Crippen molar-refractivity contribution in [2.24, 2.45) is 0 Å². The van der Waals surface area contributed by atoms with Crippen molar-refractivity contribution in [1.29, 1.82) is 0 Å². The van der Waals surface area contributed by atoms with Crippen molar-refractivity contribution in [3.63, 3.8) is 0 Å². The fraction of sp³-hybridized carbons (Fsp3) is 0.231. The molecule has 168 valence electrons. The molecule has 0 aromatic heterocycles. The highest BCUT2D eigenvalue weighted by atomic mass is 35.5. The Bertz CT molecular complexity index is 1210. The zero-order valence-corrected chi connectivity index (χ0v) is 20.3. The van der Waals surface area contributed by atoms with Crippen molar-refractivity contribution in [3.8, 4) is 0 Å². The van der Waals surface area contributed by atoms with Crippen LogP contribution < -0.4 is 4.90 Å². The van der Waals surface area contributed by atoms with Crippen molar-refractivity contribution in [1.82, 2.24) is 4.90 Å². The zero-order valence-electron chi connectivity index (χ0n) is 18.0. The Kier molecular flexibility index (Phi) is 7.14. The van der Waals surface area contributed by atoms with Gasteiger partial charge in [-0.05, 0) is 48.0 Å². The van der Waals surface area contributed by atoms with Gasteiger partial charge in [0.15, 0.2) is 0 Å². The van der Waals surface area contributed by atoms with Gasteiger partial charge in [-0.2, -0.15) is 0 Å². The lowest BCUT2D eigenvalue weighted by Gasteiger charge is -2.43. The third-order valence-electron chi connectivity index (χ3n) is 5.95. The summed E-state index contributed by atoms with van der Waals surface area (Å²) in [6.07, 6.45) is 0. The molecule has 1 heterocycles. The SMILES string of the molecule is [C-]#[N+]C(C)c1cccc(C(=O)N2CCN(c3ccc(Cl)cc3Cl)C(c3ccc(Cl)cc3)C2)c1. The van der Waals surface area contributed by atoms with Gasteiger partial charge in [-0.3, -0.25) is 4.79 Å². The minimum Gasteiger partial charge on any atom is -0.360 e. The van der Waals surface area contributed by atoms with Gasteiger partial charge in [0, 0.05) is 47.7 Å². The molecule has 2 unspecified atom stereocenters. The Balaban J connectivity index is 1.66. The molecular formula is C26H22Cl3N3O. The second-order valence-electron chi connectivity index (χ2n) is 8.04. The summed E-state index contributed by atoms with van der Waals surface area (Å²) in [6, 6.07) is 20.1. The van der Waals surface area contributed by atoms with Gasteiger partial charge in [0.05, 0.1) is 16.8 Å². The zero-order chi connectivity index (χ0) is 23.5. The first-order chi connectivity index (χ1) is 15.9. The monoisotopic (exact) mass is 497 g/mol. The molecule has 1 saturated heterocycles. The lowest BCUT2D eigenvalue weighted by Crippen LogP contribution is -2.50. The molecule has 1 fully saturated rings. The molecule has 1 aliphatic rings. The van der Waals surface area contributed by atoms with Crippen LogP contribution in [0.1, 0.15) is 40.5 Å². The van der Waals surface area contributed by atoms with Crippen molar-refractivity contribution in [3.05, 3.63) is 110 Å². The lowest BCUT2D eigenvalue weighted by molar-refractivity contribution is 0.0722. The van der Waals surface area contributed by atoms with E-state index in [0.29, 0.717) is 40.3 Å². The quantitative estimate of drug-likeness (QED) is 0.352. The maximum Gasteiger partial charge on any atom is 0.254 e. The van der Waals surface area contributed by atoms with E-state index in [-0.39, 0.29) is 18.0 Å². The summed E-state index contributed by atoms with van der Waals surface area (Å²) in [5.41, 5.74) is 3.35. The Hall–Kier alpha value is -2.71. The summed E-state index contributed by atoms with van der Waals surface area (Å²) in [7, 11) is 0. The normalized spacial score (nSPS) is 16.9. The average Bonchev–Trinajstić information content (AvgIpc) is 2.83. The van der Waals surface area contributed by atoms with E-state index in [9.17, 15) is 4.79 Å². The van der Waals surface area contributed by atoms with Crippen LogP contribution in [0.3, 0.4) is 0 Å². The van der Waals surface area contributed by atoms with E-state index in [1.54, 1.807) is 6.07 Å². The number of nitrogens with zero attached hydrogens (tertiary/aromatic N) is 3. The van der Waals surface area contributed by atoms with Gasteiger partial charge in [0.25, 0.3) is 5.91 Å². The van der Waals surface area contributed by atoms with Crippen LogP contribution in [0.2, 0.25) is 15.1 Å². The van der Waals surface area contributed by atoms with Crippen molar-refractivity contribution < 1.29 is 4.79 Å². The summed E-state index contributed by atoms with van der Waals surface area (Å²) in [4.78, 5) is 21.1. The smallest absolute Gasteiger partial charge is 0.254 e. The molecule has 1 aliphatic heterocycles. The van der Waals surface area contributed by atoms with Gasteiger partial charge < -0.3 is 14.6 Å². The predicted octanol–water partition coefficient (Wildman–Crippen LogP) is 7.33. The summed E-state index contributed by atoms with van der Waals surface area (Å²) in [6.45, 7) is 10.8. The molecule has 0 saturated carbocycles.